The molecule has 0 bridgehead atoms. The largest absolute Gasteiger partial charge is 0.399 e. The maximum atomic E-state index is 12.4. The molecule has 7 heteroatoms. The number of rotatable bonds is 3. The van der Waals surface area contributed by atoms with Gasteiger partial charge in [0.05, 0.1) is 5.69 Å². The van der Waals surface area contributed by atoms with Crippen LogP contribution in [0.25, 0.3) is 0 Å². The van der Waals surface area contributed by atoms with Crippen molar-refractivity contribution in [3.63, 3.8) is 0 Å². The van der Waals surface area contributed by atoms with Crippen LogP contribution in [0.5, 0.6) is 0 Å². The molecule has 2 aromatic carbocycles. The molecule has 0 atom stereocenters. The van der Waals surface area contributed by atoms with Gasteiger partial charge in [-0.25, -0.2) is 8.42 Å². The number of benzene rings is 2. The summed E-state index contributed by atoms with van der Waals surface area (Å²) in [7, 11) is -3.71. The van der Waals surface area contributed by atoms with E-state index in [1.807, 2.05) is 19.1 Å². The van der Waals surface area contributed by atoms with Gasteiger partial charge in [0.25, 0.3) is 10.0 Å². The lowest BCUT2D eigenvalue weighted by atomic mass is 10.2. The maximum absolute atomic E-state index is 12.4. The molecule has 0 aliphatic rings. The smallest absolute Gasteiger partial charge is 0.263 e. The third kappa shape index (κ3) is 3.34. The van der Waals surface area contributed by atoms with Crippen LogP contribution in [0.3, 0.4) is 0 Å². The zero-order chi connectivity index (χ0) is 14.9. The van der Waals surface area contributed by atoms with Crippen LogP contribution in [-0.4, -0.2) is 8.42 Å². The van der Waals surface area contributed by atoms with E-state index >= 15 is 0 Å². The first-order valence-electron chi connectivity index (χ1n) is 5.63. The predicted octanol–water partition coefficient (Wildman–Crippen LogP) is 3.90. The van der Waals surface area contributed by atoms with E-state index in [4.69, 9.17) is 5.73 Å². The molecule has 0 unspecified atom stereocenters. The SMILES string of the molecule is Cc1ccc(NS(=O)(=O)c2cc(N)ccc2Br)c(Br)c1. The molecular formula is C13H12Br2N2O2S. The van der Waals surface area contributed by atoms with Crippen LogP contribution in [0, 0.1) is 6.92 Å². The van der Waals surface area contributed by atoms with Crippen LogP contribution in [0.1, 0.15) is 5.56 Å². The third-order valence-electron chi connectivity index (χ3n) is 2.61. The lowest BCUT2D eigenvalue weighted by molar-refractivity contribution is 0.601. The number of halogens is 2. The minimum atomic E-state index is -3.71. The highest BCUT2D eigenvalue weighted by molar-refractivity contribution is 9.11. The van der Waals surface area contributed by atoms with Gasteiger partial charge in [-0.1, -0.05) is 6.07 Å². The predicted molar refractivity (Wildman–Crippen MR) is 88.2 cm³/mol. The highest BCUT2D eigenvalue weighted by atomic mass is 79.9. The maximum Gasteiger partial charge on any atom is 0.263 e. The van der Waals surface area contributed by atoms with Crippen molar-refractivity contribution in [1.82, 2.24) is 0 Å². The topological polar surface area (TPSA) is 72.2 Å². The van der Waals surface area contributed by atoms with E-state index in [-0.39, 0.29) is 4.90 Å². The quantitative estimate of drug-likeness (QED) is 0.741. The second-order valence-electron chi connectivity index (χ2n) is 4.28. The monoisotopic (exact) mass is 418 g/mol. The molecule has 2 rings (SSSR count). The summed E-state index contributed by atoms with van der Waals surface area (Å²) >= 11 is 6.57. The Labute approximate surface area is 134 Å². The van der Waals surface area contributed by atoms with E-state index in [0.717, 1.165) is 5.56 Å². The van der Waals surface area contributed by atoms with Crippen molar-refractivity contribution < 1.29 is 8.42 Å². The Kier molecular flexibility index (Phi) is 4.41. The van der Waals surface area contributed by atoms with Gasteiger partial charge in [-0.3, -0.25) is 4.72 Å². The Morgan fingerprint density at radius 1 is 1.05 bits per heavy atom. The summed E-state index contributed by atoms with van der Waals surface area (Å²) in [6, 6.07) is 10.0. The normalized spacial score (nSPS) is 11.3. The molecular weight excluding hydrogens is 408 g/mol. The Morgan fingerprint density at radius 2 is 1.75 bits per heavy atom. The Balaban J connectivity index is 2.43. The van der Waals surface area contributed by atoms with Gasteiger partial charge in [0, 0.05) is 14.6 Å². The fourth-order valence-corrected chi connectivity index (χ4v) is 4.43. The van der Waals surface area contributed by atoms with Gasteiger partial charge in [0.15, 0.2) is 0 Å². The second-order valence-corrected chi connectivity index (χ2v) is 7.64. The highest BCUT2D eigenvalue weighted by Crippen LogP contribution is 2.29. The number of hydrogen-bond donors (Lipinski definition) is 2. The zero-order valence-corrected chi connectivity index (χ0v) is 14.5. The number of nitrogens with two attached hydrogens (primary N) is 1. The lowest BCUT2D eigenvalue weighted by Crippen LogP contribution is -2.14. The van der Waals surface area contributed by atoms with Crippen molar-refractivity contribution in [2.75, 3.05) is 10.5 Å². The molecule has 0 aromatic heterocycles. The summed E-state index contributed by atoms with van der Waals surface area (Å²) in [5.74, 6) is 0. The number of aryl methyl sites for hydroxylation is 1. The minimum Gasteiger partial charge on any atom is -0.399 e. The molecule has 20 heavy (non-hydrogen) atoms. The molecule has 0 heterocycles. The van der Waals surface area contributed by atoms with Crippen LogP contribution in [-0.2, 0) is 10.0 Å². The number of nitrogens with one attached hydrogen (secondary N) is 1. The van der Waals surface area contributed by atoms with E-state index in [1.165, 1.54) is 6.07 Å². The molecule has 0 aliphatic heterocycles. The van der Waals surface area contributed by atoms with Crippen LogP contribution >= 0.6 is 31.9 Å². The van der Waals surface area contributed by atoms with Gasteiger partial charge in [0.1, 0.15) is 4.90 Å². The summed E-state index contributed by atoms with van der Waals surface area (Å²) in [6.07, 6.45) is 0. The highest BCUT2D eigenvalue weighted by Gasteiger charge is 2.19. The Morgan fingerprint density at radius 3 is 2.40 bits per heavy atom. The van der Waals surface area contributed by atoms with Gasteiger partial charge >= 0.3 is 0 Å². The first-order valence-corrected chi connectivity index (χ1v) is 8.70. The van der Waals surface area contributed by atoms with E-state index in [9.17, 15) is 8.42 Å². The van der Waals surface area contributed by atoms with Crippen molar-refractivity contribution in [3.05, 3.63) is 50.9 Å². The number of sulfonamides is 1. The Hall–Kier alpha value is -1.05. The Bertz CT molecular complexity index is 761. The minimum absolute atomic E-state index is 0.102. The summed E-state index contributed by atoms with van der Waals surface area (Å²) < 4.78 is 28.5. The molecule has 2 aromatic rings. The molecule has 0 amide bonds. The fraction of sp³-hybridized carbons (Fsp3) is 0.0769. The molecule has 4 nitrogen and oxygen atoms in total. The van der Waals surface area contributed by atoms with Crippen LogP contribution in [0.4, 0.5) is 11.4 Å². The van der Waals surface area contributed by atoms with Gasteiger partial charge in [-0.2, -0.15) is 0 Å². The van der Waals surface area contributed by atoms with Gasteiger partial charge < -0.3 is 5.73 Å². The van der Waals surface area contributed by atoms with Gasteiger partial charge in [0.2, 0.25) is 0 Å². The molecule has 0 spiro atoms. The van der Waals surface area contributed by atoms with Gasteiger partial charge in [-0.05, 0) is 74.7 Å². The second kappa shape index (κ2) is 5.75. The van der Waals surface area contributed by atoms with Crippen LogP contribution in [0.15, 0.2) is 50.2 Å². The van der Waals surface area contributed by atoms with Crippen molar-refractivity contribution in [2.45, 2.75) is 11.8 Å². The number of nitrogen functional groups attached to an aromatic ring is 1. The van der Waals surface area contributed by atoms with Gasteiger partial charge in [-0.15, -0.1) is 0 Å². The van der Waals surface area contributed by atoms with Crippen LogP contribution in [0.2, 0.25) is 0 Å². The molecule has 3 N–H and O–H groups in total. The summed E-state index contributed by atoms with van der Waals surface area (Å²) in [5.41, 5.74) is 7.54. The third-order valence-corrected chi connectivity index (χ3v) is 5.63. The average Bonchev–Trinajstić information content (AvgIpc) is 2.35. The molecule has 0 fully saturated rings. The van der Waals surface area contributed by atoms with Crippen molar-refractivity contribution in [2.24, 2.45) is 0 Å². The zero-order valence-electron chi connectivity index (χ0n) is 10.5. The number of anilines is 2. The first-order chi connectivity index (χ1) is 9.29. The van der Waals surface area contributed by atoms with Crippen molar-refractivity contribution in [3.8, 4) is 0 Å². The van der Waals surface area contributed by atoms with Crippen molar-refractivity contribution in [1.29, 1.82) is 0 Å². The first kappa shape index (κ1) is 15.3. The molecule has 0 aliphatic carbocycles. The summed E-state index contributed by atoms with van der Waals surface area (Å²) in [6.45, 7) is 1.93. The van der Waals surface area contributed by atoms with E-state index < -0.39 is 10.0 Å². The lowest BCUT2D eigenvalue weighted by Gasteiger charge is -2.12. The standard InChI is InChI=1S/C13H12Br2N2O2S/c1-8-2-5-12(11(15)6-8)17-20(18,19)13-7-9(16)3-4-10(13)14/h2-7,17H,16H2,1H3. The van der Waals surface area contributed by atoms with Crippen molar-refractivity contribution >= 4 is 53.3 Å². The van der Waals surface area contributed by atoms with E-state index in [1.54, 1.807) is 18.2 Å². The van der Waals surface area contributed by atoms with E-state index in [0.29, 0.717) is 20.3 Å². The molecule has 0 saturated heterocycles. The molecule has 106 valence electrons. The number of hydrogen-bond acceptors (Lipinski definition) is 3. The van der Waals surface area contributed by atoms with E-state index in [2.05, 4.69) is 36.6 Å². The summed E-state index contributed by atoms with van der Waals surface area (Å²) in [4.78, 5) is 0.102. The summed E-state index contributed by atoms with van der Waals surface area (Å²) in [5, 5.41) is 0. The molecule has 0 saturated carbocycles. The molecule has 0 radical (unpaired) electrons. The van der Waals surface area contributed by atoms with Crippen LogP contribution < -0.4 is 10.5 Å². The average molecular weight is 420 g/mol. The fourth-order valence-electron chi connectivity index (χ4n) is 1.63.